The monoisotopic (exact) mass is 200 g/mol. The summed E-state index contributed by atoms with van der Waals surface area (Å²) in [6.07, 6.45) is 0. The number of hydrogen-bond acceptors (Lipinski definition) is 2. The third-order valence-corrected chi connectivity index (χ3v) is 1.44. The largest absolute Gasteiger partial charge is 0.370 e. The Morgan fingerprint density at radius 1 is 1.14 bits per heavy atom. The summed E-state index contributed by atoms with van der Waals surface area (Å²) in [6, 6.07) is -0.710. The summed E-state index contributed by atoms with van der Waals surface area (Å²) in [7, 11) is 0. The maximum absolute atomic E-state index is 10.9. The van der Waals surface area contributed by atoms with Gasteiger partial charge in [0.25, 0.3) is 0 Å². The lowest BCUT2D eigenvalue weighted by atomic mass is 10.1. The predicted octanol–water partition coefficient (Wildman–Crippen LogP) is -1.92. The highest BCUT2D eigenvalue weighted by Crippen LogP contribution is 2.05. The van der Waals surface area contributed by atoms with E-state index in [4.69, 9.17) is 22.9 Å². The van der Waals surface area contributed by atoms with Crippen molar-refractivity contribution in [2.75, 3.05) is 0 Å². The standard InChI is InChI=1S/C7H16N6O/c1-3(2)4(5(8)14)12-7(11)13-6(9)10/h3-4H,1-2H3,(H2,8,14)(H6,9,10,11,12,13). The maximum Gasteiger partial charge on any atom is 0.242 e. The topological polar surface area (TPSA) is 146 Å². The number of rotatable bonds is 3. The molecule has 14 heavy (non-hydrogen) atoms. The van der Waals surface area contributed by atoms with E-state index >= 15 is 0 Å². The van der Waals surface area contributed by atoms with Crippen molar-refractivity contribution >= 4 is 17.8 Å². The number of nitrogens with two attached hydrogens (primary N) is 4. The molecule has 0 fully saturated rings. The zero-order valence-electron chi connectivity index (χ0n) is 8.27. The van der Waals surface area contributed by atoms with Crippen molar-refractivity contribution in [1.82, 2.24) is 0 Å². The maximum atomic E-state index is 10.9. The third-order valence-electron chi connectivity index (χ3n) is 1.44. The quantitative estimate of drug-likeness (QED) is 0.311. The van der Waals surface area contributed by atoms with Gasteiger partial charge in [-0.2, -0.15) is 4.99 Å². The van der Waals surface area contributed by atoms with Gasteiger partial charge >= 0.3 is 0 Å². The Balaban J connectivity index is 4.73. The number of amides is 1. The molecule has 1 amide bonds. The summed E-state index contributed by atoms with van der Waals surface area (Å²) in [5.41, 5.74) is 20.6. The number of nitrogens with zero attached hydrogens (tertiary/aromatic N) is 2. The van der Waals surface area contributed by atoms with E-state index in [9.17, 15) is 4.79 Å². The lowest BCUT2D eigenvalue weighted by Crippen LogP contribution is -2.34. The van der Waals surface area contributed by atoms with Crippen LogP contribution in [0.2, 0.25) is 0 Å². The molecule has 0 aliphatic carbocycles. The molecule has 7 heteroatoms. The predicted molar refractivity (Wildman–Crippen MR) is 55.3 cm³/mol. The van der Waals surface area contributed by atoms with E-state index in [1.807, 2.05) is 0 Å². The van der Waals surface area contributed by atoms with Gasteiger partial charge in [-0.3, -0.25) is 4.79 Å². The molecule has 1 atom stereocenters. The summed E-state index contributed by atoms with van der Waals surface area (Å²) in [6.45, 7) is 3.59. The van der Waals surface area contributed by atoms with E-state index in [0.717, 1.165) is 0 Å². The van der Waals surface area contributed by atoms with Gasteiger partial charge in [0, 0.05) is 0 Å². The zero-order chi connectivity index (χ0) is 11.3. The van der Waals surface area contributed by atoms with E-state index < -0.39 is 11.9 Å². The Morgan fingerprint density at radius 3 is 1.93 bits per heavy atom. The fourth-order valence-electron chi connectivity index (χ4n) is 0.845. The summed E-state index contributed by atoms with van der Waals surface area (Å²) in [5.74, 6) is -0.977. The summed E-state index contributed by atoms with van der Waals surface area (Å²) < 4.78 is 0. The molecule has 8 N–H and O–H groups in total. The Labute approximate surface area is 82.2 Å². The van der Waals surface area contributed by atoms with Crippen LogP contribution in [0, 0.1) is 5.92 Å². The Bertz CT molecular complexity index is 265. The van der Waals surface area contributed by atoms with Gasteiger partial charge < -0.3 is 22.9 Å². The molecule has 0 saturated heterocycles. The van der Waals surface area contributed by atoms with Crippen molar-refractivity contribution in [2.24, 2.45) is 38.8 Å². The van der Waals surface area contributed by atoms with Crippen LogP contribution >= 0.6 is 0 Å². The smallest absolute Gasteiger partial charge is 0.242 e. The first-order valence-electron chi connectivity index (χ1n) is 4.06. The molecule has 1 unspecified atom stereocenters. The second-order valence-electron chi connectivity index (χ2n) is 3.12. The van der Waals surface area contributed by atoms with E-state index in [2.05, 4.69) is 9.98 Å². The normalized spacial score (nSPS) is 13.8. The molecular weight excluding hydrogens is 184 g/mol. The molecule has 0 aliphatic rings. The zero-order valence-corrected chi connectivity index (χ0v) is 8.27. The van der Waals surface area contributed by atoms with Crippen LogP contribution in [0.5, 0.6) is 0 Å². The van der Waals surface area contributed by atoms with Gasteiger partial charge in [-0.25, -0.2) is 4.99 Å². The van der Waals surface area contributed by atoms with Crippen LogP contribution in [0.4, 0.5) is 0 Å². The summed E-state index contributed by atoms with van der Waals surface area (Å²) in [5, 5.41) is 0. The first-order chi connectivity index (χ1) is 6.34. The van der Waals surface area contributed by atoms with Crippen molar-refractivity contribution in [1.29, 1.82) is 0 Å². The van der Waals surface area contributed by atoms with E-state index in [1.54, 1.807) is 13.8 Å². The van der Waals surface area contributed by atoms with Gasteiger partial charge in [0.1, 0.15) is 6.04 Å². The second-order valence-corrected chi connectivity index (χ2v) is 3.12. The highest BCUT2D eigenvalue weighted by molar-refractivity contribution is 5.94. The van der Waals surface area contributed by atoms with Crippen molar-refractivity contribution in [2.45, 2.75) is 19.9 Å². The van der Waals surface area contributed by atoms with Crippen LogP contribution in [0.3, 0.4) is 0 Å². The molecular formula is C7H16N6O. The number of aliphatic imine (C=N–C) groups is 2. The van der Waals surface area contributed by atoms with Gasteiger partial charge in [-0.15, -0.1) is 0 Å². The number of carbonyl (C=O) groups is 1. The average molecular weight is 200 g/mol. The van der Waals surface area contributed by atoms with Crippen LogP contribution < -0.4 is 22.9 Å². The molecule has 80 valence electrons. The van der Waals surface area contributed by atoms with E-state index in [-0.39, 0.29) is 17.8 Å². The summed E-state index contributed by atoms with van der Waals surface area (Å²) >= 11 is 0. The molecule has 0 aromatic heterocycles. The van der Waals surface area contributed by atoms with Crippen molar-refractivity contribution < 1.29 is 4.79 Å². The van der Waals surface area contributed by atoms with Crippen LogP contribution in [0.1, 0.15) is 13.8 Å². The first-order valence-corrected chi connectivity index (χ1v) is 4.06. The Kier molecular flexibility index (Phi) is 4.41. The number of hydrogen-bond donors (Lipinski definition) is 4. The molecule has 0 saturated carbocycles. The van der Waals surface area contributed by atoms with E-state index in [0.29, 0.717) is 0 Å². The minimum Gasteiger partial charge on any atom is -0.370 e. The molecule has 7 nitrogen and oxygen atoms in total. The fourth-order valence-corrected chi connectivity index (χ4v) is 0.845. The van der Waals surface area contributed by atoms with Crippen molar-refractivity contribution in [3.63, 3.8) is 0 Å². The first kappa shape index (κ1) is 12.2. The van der Waals surface area contributed by atoms with Crippen LogP contribution in [-0.4, -0.2) is 23.9 Å². The Morgan fingerprint density at radius 2 is 1.64 bits per heavy atom. The van der Waals surface area contributed by atoms with Gasteiger partial charge in [-0.1, -0.05) is 13.8 Å². The lowest BCUT2D eigenvalue weighted by molar-refractivity contribution is -0.120. The fraction of sp³-hybridized carbons (Fsp3) is 0.571. The molecule has 0 heterocycles. The van der Waals surface area contributed by atoms with Gasteiger partial charge in [0.2, 0.25) is 11.9 Å². The van der Waals surface area contributed by atoms with Gasteiger partial charge in [-0.05, 0) is 5.92 Å². The number of primary amides is 1. The van der Waals surface area contributed by atoms with Crippen LogP contribution in [-0.2, 0) is 4.79 Å². The van der Waals surface area contributed by atoms with E-state index in [1.165, 1.54) is 0 Å². The molecule has 0 aromatic carbocycles. The number of carbonyl (C=O) groups excluding carboxylic acids is 1. The lowest BCUT2D eigenvalue weighted by Gasteiger charge is -2.11. The third kappa shape index (κ3) is 4.29. The minimum atomic E-state index is -0.710. The minimum absolute atomic E-state index is 0.0553. The molecule has 0 spiro atoms. The van der Waals surface area contributed by atoms with Crippen LogP contribution in [0.15, 0.2) is 9.98 Å². The van der Waals surface area contributed by atoms with Crippen molar-refractivity contribution in [3.8, 4) is 0 Å². The second kappa shape index (κ2) is 5.05. The SMILES string of the molecule is CC(C)C(N=C(N)N=C(N)N)C(N)=O. The summed E-state index contributed by atoms with van der Waals surface area (Å²) in [4.78, 5) is 18.2. The highest BCUT2D eigenvalue weighted by Gasteiger charge is 2.18. The molecule has 0 aliphatic heterocycles. The molecule has 0 rings (SSSR count). The number of guanidine groups is 2. The van der Waals surface area contributed by atoms with Crippen LogP contribution in [0.25, 0.3) is 0 Å². The van der Waals surface area contributed by atoms with Gasteiger partial charge in [0.05, 0.1) is 0 Å². The molecule has 0 bridgehead atoms. The average Bonchev–Trinajstić information content (AvgIpc) is 1.97. The molecule has 0 radical (unpaired) electrons. The van der Waals surface area contributed by atoms with Gasteiger partial charge in [0.15, 0.2) is 5.96 Å². The Hall–Kier alpha value is -1.79. The highest BCUT2D eigenvalue weighted by atomic mass is 16.1. The van der Waals surface area contributed by atoms with Crippen molar-refractivity contribution in [3.05, 3.63) is 0 Å². The molecule has 0 aromatic rings.